The summed E-state index contributed by atoms with van der Waals surface area (Å²) in [5.74, 6) is -0.479. The number of nitrogens with one attached hydrogen (secondary N) is 1. The normalized spacial score (nSPS) is 11.8. The number of hydrogen-bond donors (Lipinski definition) is 1. The number of furan rings is 1. The van der Waals surface area contributed by atoms with E-state index >= 15 is 0 Å². The van der Waals surface area contributed by atoms with Gasteiger partial charge in [-0.15, -0.1) is 11.3 Å². The first-order chi connectivity index (χ1) is 12.8. The molecule has 0 saturated carbocycles. The number of esters is 1. The predicted octanol–water partition coefficient (Wildman–Crippen LogP) is 4.15. The highest BCUT2D eigenvalue weighted by atomic mass is 35.5. The Morgan fingerprint density at radius 2 is 2.07 bits per heavy atom. The third kappa shape index (κ3) is 4.35. The Morgan fingerprint density at radius 1 is 1.30 bits per heavy atom. The van der Waals surface area contributed by atoms with E-state index < -0.39 is 16.0 Å². The molecular weight excluding hydrogens is 410 g/mol. The molecular formula is C18H18ClNO5S2. The molecule has 3 aromatic rings. The average Bonchev–Trinajstić information content (AvgIpc) is 3.18. The number of aryl methyl sites for hydroxylation is 1. The van der Waals surface area contributed by atoms with Gasteiger partial charge in [-0.1, -0.05) is 11.6 Å². The molecule has 3 rings (SSSR count). The van der Waals surface area contributed by atoms with Gasteiger partial charge in [-0.3, -0.25) is 0 Å². The lowest BCUT2D eigenvalue weighted by atomic mass is 10.1. The zero-order valence-corrected chi connectivity index (χ0v) is 17.1. The molecule has 2 aromatic heterocycles. The van der Waals surface area contributed by atoms with E-state index in [-0.39, 0.29) is 23.8 Å². The lowest BCUT2D eigenvalue weighted by molar-refractivity contribution is 0.0491. The van der Waals surface area contributed by atoms with Crippen molar-refractivity contribution in [2.24, 2.45) is 0 Å². The Kier molecular flexibility index (Phi) is 5.90. The third-order valence-corrected chi connectivity index (χ3v) is 6.72. The van der Waals surface area contributed by atoms with E-state index in [0.29, 0.717) is 27.3 Å². The van der Waals surface area contributed by atoms with Crippen LogP contribution in [0.15, 0.2) is 39.6 Å². The first-order valence-corrected chi connectivity index (χ1v) is 10.9. The van der Waals surface area contributed by atoms with E-state index in [1.54, 1.807) is 26.0 Å². The van der Waals surface area contributed by atoms with Gasteiger partial charge in [0.15, 0.2) is 0 Å². The van der Waals surface area contributed by atoms with Gasteiger partial charge in [-0.2, -0.15) is 0 Å². The van der Waals surface area contributed by atoms with Crippen molar-refractivity contribution >= 4 is 49.9 Å². The summed E-state index contributed by atoms with van der Waals surface area (Å²) in [5.41, 5.74) is 0.983. The van der Waals surface area contributed by atoms with Crippen molar-refractivity contribution in [1.82, 2.24) is 4.72 Å². The lowest BCUT2D eigenvalue weighted by Gasteiger charge is -2.06. The van der Waals surface area contributed by atoms with Crippen LogP contribution in [-0.4, -0.2) is 27.5 Å². The van der Waals surface area contributed by atoms with E-state index in [2.05, 4.69) is 4.72 Å². The van der Waals surface area contributed by atoms with E-state index in [1.807, 2.05) is 6.07 Å². The number of carbonyl (C=O) groups excluding carboxylic acids is 1. The van der Waals surface area contributed by atoms with Gasteiger partial charge in [0, 0.05) is 22.4 Å². The zero-order chi connectivity index (χ0) is 19.6. The van der Waals surface area contributed by atoms with Crippen LogP contribution in [0.2, 0.25) is 4.34 Å². The minimum absolute atomic E-state index is 0.0870. The van der Waals surface area contributed by atoms with Crippen molar-refractivity contribution in [3.8, 4) is 0 Å². The van der Waals surface area contributed by atoms with Gasteiger partial charge in [-0.05, 0) is 50.6 Å². The Hall–Kier alpha value is -1.87. The first-order valence-electron chi connectivity index (χ1n) is 8.26. The molecule has 0 unspecified atom stereocenters. The first kappa shape index (κ1) is 19.9. The Morgan fingerprint density at radius 3 is 2.74 bits per heavy atom. The van der Waals surface area contributed by atoms with Gasteiger partial charge in [0.1, 0.15) is 5.58 Å². The minimum atomic E-state index is -3.69. The van der Waals surface area contributed by atoms with Crippen LogP contribution in [0, 0.1) is 6.92 Å². The predicted molar refractivity (Wildman–Crippen MR) is 105 cm³/mol. The number of sulfonamides is 1. The van der Waals surface area contributed by atoms with Gasteiger partial charge >= 0.3 is 5.97 Å². The molecule has 6 nitrogen and oxygen atoms in total. The van der Waals surface area contributed by atoms with Crippen molar-refractivity contribution in [3.63, 3.8) is 0 Å². The van der Waals surface area contributed by atoms with Crippen molar-refractivity contribution in [2.45, 2.75) is 25.2 Å². The van der Waals surface area contributed by atoms with Crippen LogP contribution in [0.5, 0.6) is 0 Å². The summed E-state index contributed by atoms with van der Waals surface area (Å²) in [6, 6.07) is 8.15. The molecule has 0 aliphatic heterocycles. The highest BCUT2D eigenvalue weighted by Gasteiger charge is 2.21. The maximum absolute atomic E-state index is 12.6. The molecule has 0 bridgehead atoms. The number of halogens is 1. The number of ether oxygens (including phenoxy) is 1. The van der Waals surface area contributed by atoms with Crippen molar-refractivity contribution in [3.05, 3.63) is 50.9 Å². The molecule has 2 heterocycles. The summed E-state index contributed by atoms with van der Waals surface area (Å²) in [6.45, 7) is 3.89. The second-order valence-corrected chi connectivity index (χ2v) is 9.35. The molecule has 0 aliphatic carbocycles. The summed E-state index contributed by atoms with van der Waals surface area (Å²) >= 11 is 7.30. The van der Waals surface area contributed by atoms with Crippen LogP contribution < -0.4 is 4.72 Å². The Bertz CT molecular complexity index is 1080. The van der Waals surface area contributed by atoms with Crippen LogP contribution in [0.4, 0.5) is 0 Å². The largest absolute Gasteiger partial charge is 0.460 e. The summed E-state index contributed by atoms with van der Waals surface area (Å²) in [6.07, 6.45) is 0.552. The fourth-order valence-corrected chi connectivity index (χ4v) is 4.78. The molecule has 1 aromatic carbocycles. The fraction of sp³-hybridized carbons (Fsp3) is 0.278. The number of carbonyl (C=O) groups is 1. The number of fused-ring (bicyclic) bond motifs is 1. The van der Waals surface area contributed by atoms with Gasteiger partial charge in [0.25, 0.3) is 0 Å². The van der Waals surface area contributed by atoms with Gasteiger partial charge in [0.2, 0.25) is 15.8 Å². The smallest absolute Gasteiger partial charge is 0.374 e. The summed E-state index contributed by atoms with van der Waals surface area (Å²) in [5, 5.41) is 0.561. The highest BCUT2D eigenvalue weighted by molar-refractivity contribution is 7.89. The van der Waals surface area contributed by atoms with Crippen LogP contribution >= 0.6 is 22.9 Å². The maximum Gasteiger partial charge on any atom is 0.374 e. The number of hydrogen-bond acceptors (Lipinski definition) is 6. The second kappa shape index (κ2) is 8.02. The average molecular weight is 428 g/mol. The SMILES string of the molecule is CCOC(=O)c1oc2ccc(S(=O)(=O)NCCc3ccc(Cl)s3)cc2c1C. The monoisotopic (exact) mass is 427 g/mol. The van der Waals surface area contributed by atoms with Crippen molar-refractivity contribution in [2.75, 3.05) is 13.2 Å². The summed E-state index contributed by atoms with van der Waals surface area (Å²) in [4.78, 5) is 13.1. The van der Waals surface area contributed by atoms with E-state index in [1.165, 1.54) is 23.5 Å². The Labute approximate surface area is 166 Å². The van der Waals surface area contributed by atoms with E-state index in [0.717, 1.165) is 4.88 Å². The minimum Gasteiger partial charge on any atom is -0.460 e. The van der Waals surface area contributed by atoms with Crippen LogP contribution in [-0.2, 0) is 21.2 Å². The fourth-order valence-electron chi connectivity index (χ4n) is 2.64. The molecule has 9 heteroatoms. The number of rotatable bonds is 7. The van der Waals surface area contributed by atoms with Crippen LogP contribution in [0.1, 0.15) is 27.9 Å². The standard InChI is InChI=1S/C18H18ClNO5S2/c1-3-24-18(21)17-11(2)14-10-13(5-6-15(14)25-17)27(22,23)20-9-8-12-4-7-16(19)26-12/h4-7,10,20H,3,8-9H2,1-2H3. The Balaban J connectivity index is 1.80. The summed E-state index contributed by atoms with van der Waals surface area (Å²) < 4.78 is 38.9. The molecule has 0 amide bonds. The quantitative estimate of drug-likeness (QED) is 0.572. The van der Waals surface area contributed by atoms with Gasteiger partial charge in [-0.25, -0.2) is 17.9 Å². The number of benzene rings is 1. The molecule has 0 aliphatic rings. The van der Waals surface area contributed by atoms with Crippen LogP contribution in [0.25, 0.3) is 11.0 Å². The van der Waals surface area contributed by atoms with Crippen LogP contribution in [0.3, 0.4) is 0 Å². The molecule has 0 saturated heterocycles. The summed E-state index contributed by atoms with van der Waals surface area (Å²) in [7, 11) is -3.69. The van der Waals surface area contributed by atoms with Crippen molar-refractivity contribution in [1.29, 1.82) is 0 Å². The topological polar surface area (TPSA) is 85.6 Å². The lowest BCUT2D eigenvalue weighted by Crippen LogP contribution is -2.25. The second-order valence-electron chi connectivity index (χ2n) is 5.79. The molecule has 1 N–H and O–H groups in total. The zero-order valence-electron chi connectivity index (χ0n) is 14.7. The van der Waals surface area contributed by atoms with Crippen molar-refractivity contribution < 1.29 is 22.4 Å². The molecule has 0 spiro atoms. The molecule has 27 heavy (non-hydrogen) atoms. The molecule has 0 atom stereocenters. The maximum atomic E-state index is 12.6. The van der Waals surface area contributed by atoms with E-state index in [9.17, 15) is 13.2 Å². The van der Waals surface area contributed by atoms with Gasteiger partial charge in [0.05, 0.1) is 15.8 Å². The van der Waals surface area contributed by atoms with E-state index in [4.69, 9.17) is 20.8 Å². The van der Waals surface area contributed by atoms with Gasteiger partial charge < -0.3 is 9.15 Å². The third-order valence-electron chi connectivity index (χ3n) is 3.97. The highest BCUT2D eigenvalue weighted by Crippen LogP contribution is 2.28. The molecule has 0 fully saturated rings. The molecule has 0 radical (unpaired) electrons. The number of thiophene rings is 1. The molecule has 144 valence electrons.